The molecule has 0 fully saturated rings. The summed E-state index contributed by atoms with van der Waals surface area (Å²) < 4.78 is 5.39. The zero-order valence-electron chi connectivity index (χ0n) is 11.4. The topological polar surface area (TPSA) is 66.0 Å². The molecule has 0 amide bonds. The van der Waals surface area contributed by atoms with Crippen molar-refractivity contribution in [1.82, 2.24) is 5.01 Å². The first kappa shape index (κ1) is 14.0. The highest BCUT2D eigenvalue weighted by Gasteiger charge is 2.22. The molecule has 0 saturated heterocycles. The van der Waals surface area contributed by atoms with Crippen molar-refractivity contribution in [2.75, 3.05) is 14.1 Å². The molecular formula is C15H16N2O3. The van der Waals surface area contributed by atoms with Gasteiger partial charge in [0, 0.05) is 19.7 Å². The summed E-state index contributed by atoms with van der Waals surface area (Å²) in [4.78, 5) is 12.1. The second-order valence-electron chi connectivity index (χ2n) is 4.46. The van der Waals surface area contributed by atoms with Gasteiger partial charge in [-0.1, -0.05) is 30.3 Å². The molecule has 20 heavy (non-hydrogen) atoms. The van der Waals surface area contributed by atoms with Crippen LogP contribution in [-0.2, 0) is 0 Å². The molecule has 2 rings (SSSR count). The van der Waals surface area contributed by atoms with E-state index in [4.69, 9.17) is 4.42 Å². The lowest BCUT2D eigenvalue weighted by Gasteiger charge is -2.06. The molecule has 0 saturated carbocycles. The van der Waals surface area contributed by atoms with Gasteiger partial charge in [0.15, 0.2) is 11.9 Å². The fourth-order valence-electron chi connectivity index (χ4n) is 1.65. The number of carbonyl (C=O) groups is 1. The summed E-state index contributed by atoms with van der Waals surface area (Å²) >= 11 is 0. The Kier molecular flexibility index (Phi) is 4.32. The van der Waals surface area contributed by atoms with Gasteiger partial charge in [0.25, 0.3) is 0 Å². The smallest absolute Gasteiger partial charge is 0.199 e. The van der Waals surface area contributed by atoms with E-state index in [0.717, 1.165) is 0 Å². The molecule has 1 aromatic carbocycles. The fourth-order valence-corrected chi connectivity index (χ4v) is 1.65. The quantitative estimate of drug-likeness (QED) is 0.514. The summed E-state index contributed by atoms with van der Waals surface area (Å²) in [6.45, 7) is 0. The lowest BCUT2D eigenvalue weighted by Crippen LogP contribution is -2.11. The van der Waals surface area contributed by atoms with Gasteiger partial charge < -0.3 is 14.5 Å². The van der Waals surface area contributed by atoms with Gasteiger partial charge in [-0.2, -0.15) is 5.10 Å². The van der Waals surface area contributed by atoms with Crippen LogP contribution in [-0.4, -0.2) is 36.2 Å². The van der Waals surface area contributed by atoms with Crippen molar-refractivity contribution in [3.8, 4) is 0 Å². The normalized spacial score (nSPS) is 12.6. The van der Waals surface area contributed by atoms with Gasteiger partial charge in [0.1, 0.15) is 11.5 Å². The molecule has 0 aliphatic heterocycles. The van der Waals surface area contributed by atoms with E-state index in [0.29, 0.717) is 11.3 Å². The second-order valence-corrected chi connectivity index (χ2v) is 4.46. The van der Waals surface area contributed by atoms with E-state index in [1.165, 1.54) is 6.21 Å². The van der Waals surface area contributed by atoms with Crippen LogP contribution in [0.2, 0.25) is 0 Å². The molecule has 1 unspecified atom stereocenters. The number of ketones is 1. The SMILES string of the molecule is CN(C)N=Cc1ccc(C(O)C(=O)c2ccccc2)o1. The molecule has 1 atom stereocenters. The van der Waals surface area contributed by atoms with Crippen LogP contribution in [0.15, 0.2) is 52.0 Å². The molecule has 1 aromatic heterocycles. The Morgan fingerprint density at radius 2 is 1.95 bits per heavy atom. The highest BCUT2D eigenvalue weighted by molar-refractivity contribution is 5.99. The van der Waals surface area contributed by atoms with Crippen LogP contribution < -0.4 is 0 Å². The minimum absolute atomic E-state index is 0.207. The predicted octanol–water partition coefficient (Wildman–Crippen LogP) is 2.09. The van der Waals surface area contributed by atoms with Crippen LogP contribution in [0, 0.1) is 0 Å². The van der Waals surface area contributed by atoms with Gasteiger partial charge >= 0.3 is 0 Å². The maximum Gasteiger partial charge on any atom is 0.199 e. The number of aliphatic hydroxyl groups is 1. The van der Waals surface area contributed by atoms with Crippen molar-refractivity contribution in [2.24, 2.45) is 5.10 Å². The van der Waals surface area contributed by atoms with E-state index >= 15 is 0 Å². The highest BCUT2D eigenvalue weighted by Crippen LogP contribution is 2.20. The van der Waals surface area contributed by atoms with E-state index < -0.39 is 11.9 Å². The van der Waals surface area contributed by atoms with Crippen molar-refractivity contribution >= 4 is 12.0 Å². The van der Waals surface area contributed by atoms with Crippen molar-refractivity contribution in [3.63, 3.8) is 0 Å². The minimum Gasteiger partial charge on any atom is -0.457 e. The van der Waals surface area contributed by atoms with Crippen LogP contribution in [0.25, 0.3) is 0 Å². The number of hydrogen-bond donors (Lipinski definition) is 1. The molecule has 0 bridgehead atoms. The molecule has 1 heterocycles. The van der Waals surface area contributed by atoms with Crippen LogP contribution in [0.5, 0.6) is 0 Å². The van der Waals surface area contributed by atoms with Crippen molar-refractivity contribution in [3.05, 3.63) is 59.5 Å². The Labute approximate surface area is 117 Å². The van der Waals surface area contributed by atoms with E-state index in [9.17, 15) is 9.90 Å². The fraction of sp³-hybridized carbons (Fsp3) is 0.200. The summed E-state index contributed by atoms with van der Waals surface area (Å²) in [5.74, 6) is 0.295. The molecule has 1 N–H and O–H groups in total. The van der Waals surface area contributed by atoms with Gasteiger partial charge in [-0.15, -0.1) is 0 Å². The van der Waals surface area contributed by atoms with Crippen LogP contribution >= 0.6 is 0 Å². The first-order valence-electron chi connectivity index (χ1n) is 6.16. The van der Waals surface area contributed by atoms with Gasteiger partial charge in [-0.3, -0.25) is 4.79 Å². The Morgan fingerprint density at radius 3 is 2.60 bits per heavy atom. The summed E-state index contributed by atoms with van der Waals surface area (Å²) in [5.41, 5.74) is 0.444. The number of carbonyl (C=O) groups excluding carboxylic acids is 1. The lowest BCUT2D eigenvalue weighted by molar-refractivity contribution is 0.0703. The van der Waals surface area contributed by atoms with E-state index in [2.05, 4.69) is 5.10 Å². The summed E-state index contributed by atoms with van der Waals surface area (Å²) in [7, 11) is 3.57. The molecule has 0 spiro atoms. The lowest BCUT2D eigenvalue weighted by atomic mass is 10.1. The Hall–Kier alpha value is -2.40. The maximum atomic E-state index is 12.1. The second kappa shape index (κ2) is 6.16. The number of hydrazone groups is 1. The number of benzene rings is 1. The third-order valence-electron chi connectivity index (χ3n) is 2.64. The highest BCUT2D eigenvalue weighted by atomic mass is 16.4. The Bertz CT molecular complexity index is 603. The average Bonchev–Trinajstić information content (AvgIpc) is 2.93. The zero-order chi connectivity index (χ0) is 14.5. The molecule has 5 nitrogen and oxygen atoms in total. The number of furan rings is 1. The monoisotopic (exact) mass is 272 g/mol. The standard InChI is InChI=1S/C15H16N2O3/c1-17(2)16-10-12-8-9-13(20-12)15(19)14(18)11-6-4-3-5-7-11/h3-10,15,19H,1-2H3. The first-order valence-corrected chi connectivity index (χ1v) is 6.16. The molecule has 5 heteroatoms. The number of rotatable bonds is 5. The minimum atomic E-state index is -1.31. The van der Waals surface area contributed by atoms with Crippen molar-refractivity contribution in [2.45, 2.75) is 6.10 Å². The maximum absolute atomic E-state index is 12.1. The predicted molar refractivity (Wildman–Crippen MR) is 75.7 cm³/mol. The van der Waals surface area contributed by atoms with Crippen LogP contribution in [0.4, 0.5) is 0 Å². The molecule has 2 aromatic rings. The molecular weight excluding hydrogens is 256 g/mol. The van der Waals surface area contributed by atoms with E-state index in [1.54, 1.807) is 55.5 Å². The first-order chi connectivity index (χ1) is 9.58. The molecule has 104 valence electrons. The van der Waals surface area contributed by atoms with E-state index in [-0.39, 0.29) is 5.76 Å². The average molecular weight is 272 g/mol. The third-order valence-corrected chi connectivity index (χ3v) is 2.64. The number of aliphatic hydroxyl groups excluding tert-OH is 1. The van der Waals surface area contributed by atoms with E-state index in [1.807, 2.05) is 6.07 Å². The van der Waals surface area contributed by atoms with Crippen molar-refractivity contribution < 1.29 is 14.3 Å². The Balaban J connectivity index is 2.14. The number of hydrogen-bond acceptors (Lipinski definition) is 5. The number of nitrogens with zero attached hydrogens (tertiary/aromatic N) is 2. The third kappa shape index (κ3) is 3.33. The molecule has 0 aliphatic carbocycles. The van der Waals surface area contributed by atoms with Crippen LogP contribution in [0.1, 0.15) is 28.0 Å². The summed E-state index contributed by atoms with van der Waals surface area (Å²) in [6.07, 6.45) is 0.211. The van der Waals surface area contributed by atoms with Crippen molar-refractivity contribution in [1.29, 1.82) is 0 Å². The van der Waals surface area contributed by atoms with Crippen LogP contribution in [0.3, 0.4) is 0 Å². The Morgan fingerprint density at radius 1 is 1.25 bits per heavy atom. The molecule has 0 radical (unpaired) electrons. The largest absolute Gasteiger partial charge is 0.457 e. The van der Waals surface area contributed by atoms with Gasteiger partial charge in [-0.25, -0.2) is 0 Å². The van der Waals surface area contributed by atoms with Gasteiger partial charge in [-0.05, 0) is 12.1 Å². The van der Waals surface area contributed by atoms with Gasteiger partial charge in [0.05, 0.1) is 6.21 Å². The summed E-state index contributed by atoms with van der Waals surface area (Å²) in [5, 5.41) is 15.7. The zero-order valence-corrected chi connectivity index (χ0v) is 11.4. The molecule has 0 aliphatic rings. The van der Waals surface area contributed by atoms with Gasteiger partial charge in [0.2, 0.25) is 0 Å². The number of Topliss-reactive ketones (excluding diaryl/α,β-unsaturated/α-hetero) is 1. The summed E-state index contributed by atoms with van der Waals surface area (Å²) in [6, 6.07) is 11.8.